The number of anilines is 1. The van der Waals surface area contributed by atoms with Crippen LogP contribution in [-0.2, 0) is 27.8 Å². The molecular weight excluding hydrogens is 542 g/mol. The monoisotopic (exact) mass is 564 g/mol. The lowest BCUT2D eigenvalue weighted by molar-refractivity contribution is -0.385. The highest BCUT2D eigenvalue weighted by atomic mass is 35.5. The standard InChI is InChI=1S/C24H23ClF2N6O6/c1-39-21(34)24(5-2-3-15-16(24)9-13(26)10-17(15)27)11-18-19(33(37)38)20(30-22(25)29-18)31-7-8-32(23(35)36)14(12-31)4-6-28/h9-10,14H,2-5,7-8,11-12H2,1H3,(H,35,36)/t14-,24?/m0/s1. The molecule has 15 heteroatoms. The maximum Gasteiger partial charge on any atom is 0.407 e. The van der Waals surface area contributed by atoms with Gasteiger partial charge in [0.25, 0.3) is 0 Å². The third-order valence-corrected chi connectivity index (χ3v) is 7.37. The first kappa shape index (κ1) is 27.9. The van der Waals surface area contributed by atoms with Crippen molar-refractivity contribution in [3.05, 3.63) is 56.0 Å². The zero-order chi connectivity index (χ0) is 28.5. The number of nitro groups is 1. The molecule has 2 aliphatic rings. The lowest BCUT2D eigenvalue weighted by Crippen LogP contribution is -2.55. The molecule has 206 valence electrons. The van der Waals surface area contributed by atoms with Crippen LogP contribution in [0.5, 0.6) is 0 Å². The zero-order valence-corrected chi connectivity index (χ0v) is 21.5. The fourth-order valence-corrected chi connectivity index (χ4v) is 5.69. The Morgan fingerprint density at radius 1 is 1.36 bits per heavy atom. The summed E-state index contributed by atoms with van der Waals surface area (Å²) < 4.78 is 34.1. The highest BCUT2D eigenvalue weighted by molar-refractivity contribution is 6.28. The number of nitrogens with zero attached hydrogens (tertiary/aromatic N) is 6. The summed E-state index contributed by atoms with van der Waals surface area (Å²) in [5.74, 6) is -2.82. The lowest BCUT2D eigenvalue weighted by Gasteiger charge is -2.39. The van der Waals surface area contributed by atoms with Crippen molar-refractivity contribution in [3.63, 3.8) is 0 Å². The molecule has 12 nitrogen and oxygen atoms in total. The Balaban J connectivity index is 1.85. The van der Waals surface area contributed by atoms with E-state index in [0.29, 0.717) is 12.5 Å². The number of carboxylic acid groups (broad SMARTS) is 1. The molecule has 0 saturated carbocycles. The maximum absolute atomic E-state index is 14.7. The number of aromatic nitrogens is 2. The van der Waals surface area contributed by atoms with Gasteiger partial charge in [-0.15, -0.1) is 0 Å². The minimum atomic E-state index is -1.70. The van der Waals surface area contributed by atoms with Gasteiger partial charge in [-0.2, -0.15) is 10.2 Å². The summed E-state index contributed by atoms with van der Waals surface area (Å²) in [6, 6.07) is 2.86. The van der Waals surface area contributed by atoms with E-state index in [1.165, 1.54) is 4.90 Å². The number of hydrogen-bond donors (Lipinski definition) is 1. The molecule has 2 heterocycles. The van der Waals surface area contributed by atoms with E-state index in [9.17, 15) is 38.9 Å². The van der Waals surface area contributed by atoms with Crippen LogP contribution in [0.2, 0.25) is 5.28 Å². The number of amides is 1. The van der Waals surface area contributed by atoms with Crippen molar-refractivity contribution in [3.8, 4) is 6.07 Å². The van der Waals surface area contributed by atoms with Gasteiger partial charge in [-0.1, -0.05) is 0 Å². The van der Waals surface area contributed by atoms with Gasteiger partial charge in [-0.25, -0.2) is 18.6 Å². The van der Waals surface area contributed by atoms with E-state index in [1.54, 1.807) is 0 Å². The minimum absolute atomic E-state index is 0.00323. The van der Waals surface area contributed by atoms with Gasteiger partial charge in [0.2, 0.25) is 11.1 Å². The van der Waals surface area contributed by atoms with E-state index in [2.05, 4.69) is 9.97 Å². The summed E-state index contributed by atoms with van der Waals surface area (Å²) in [5.41, 5.74) is -2.41. The summed E-state index contributed by atoms with van der Waals surface area (Å²) in [4.78, 5) is 47.1. The van der Waals surface area contributed by atoms with E-state index in [1.807, 2.05) is 6.07 Å². The van der Waals surface area contributed by atoms with Gasteiger partial charge in [0.15, 0.2) is 0 Å². The molecule has 1 saturated heterocycles. The first-order valence-electron chi connectivity index (χ1n) is 11.9. The SMILES string of the molecule is COC(=O)C1(Cc2nc(Cl)nc(N3CCN(C(=O)O)[C@@H](CC#N)C3)c2[N+](=O)[O-])CCCc2c(F)cc(F)cc21. The minimum Gasteiger partial charge on any atom is -0.468 e. The van der Waals surface area contributed by atoms with Crippen LogP contribution in [0.1, 0.15) is 36.1 Å². The lowest BCUT2D eigenvalue weighted by atomic mass is 9.67. The fourth-order valence-electron chi connectivity index (χ4n) is 5.50. The molecule has 4 rings (SSSR count). The summed E-state index contributed by atoms with van der Waals surface area (Å²) in [7, 11) is 1.11. The van der Waals surface area contributed by atoms with Crippen LogP contribution < -0.4 is 4.90 Å². The second-order valence-electron chi connectivity index (χ2n) is 9.32. The summed E-state index contributed by atoms with van der Waals surface area (Å²) in [6.45, 7) is -0.147. The van der Waals surface area contributed by atoms with Crippen LogP contribution in [-0.4, -0.2) is 69.7 Å². The Kier molecular flexibility index (Phi) is 7.82. The topological polar surface area (TPSA) is 163 Å². The van der Waals surface area contributed by atoms with Crippen molar-refractivity contribution >= 4 is 35.2 Å². The second kappa shape index (κ2) is 10.9. The van der Waals surface area contributed by atoms with E-state index < -0.39 is 52.2 Å². The third kappa shape index (κ3) is 5.14. The van der Waals surface area contributed by atoms with Gasteiger partial charge in [0.1, 0.15) is 17.3 Å². The van der Waals surface area contributed by atoms with Crippen LogP contribution in [0.25, 0.3) is 0 Å². The normalized spacial score (nSPS) is 20.6. The summed E-state index contributed by atoms with van der Waals surface area (Å²) in [5, 5.41) is 30.6. The molecule has 1 aromatic heterocycles. The number of halogens is 3. The number of carbonyl (C=O) groups is 2. The molecule has 1 aliphatic heterocycles. The molecule has 39 heavy (non-hydrogen) atoms. The van der Waals surface area contributed by atoms with Gasteiger partial charge in [-0.3, -0.25) is 14.9 Å². The second-order valence-corrected chi connectivity index (χ2v) is 9.66. The van der Waals surface area contributed by atoms with Gasteiger partial charge >= 0.3 is 17.7 Å². The van der Waals surface area contributed by atoms with Crippen molar-refractivity contribution in [2.75, 3.05) is 31.6 Å². The highest BCUT2D eigenvalue weighted by Crippen LogP contribution is 2.44. The molecule has 2 atom stereocenters. The van der Waals surface area contributed by atoms with Crippen LogP contribution in [0.3, 0.4) is 0 Å². The number of esters is 1. The van der Waals surface area contributed by atoms with Crippen LogP contribution in [0.15, 0.2) is 12.1 Å². The highest BCUT2D eigenvalue weighted by Gasteiger charge is 2.48. The summed E-state index contributed by atoms with van der Waals surface area (Å²) in [6.07, 6.45) is -1.24. The largest absolute Gasteiger partial charge is 0.468 e. The molecule has 2 aromatic rings. The van der Waals surface area contributed by atoms with Crippen LogP contribution in [0.4, 0.5) is 25.1 Å². The average Bonchev–Trinajstić information content (AvgIpc) is 2.88. The number of methoxy groups -OCH3 is 1. The van der Waals surface area contributed by atoms with Crippen LogP contribution in [0, 0.1) is 33.1 Å². The number of rotatable bonds is 6. The Morgan fingerprint density at radius 3 is 2.74 bits per heavy atom. The van der Waals surface area contributed by atoms with Crippen molar-refractivity contribution in [1.29, 1.82) is 5.26 Å². The number of carbonyl (C=O) groups excluding carboxylic acids is 1. The van der Waals surface area contributed by atoms with Crippen LogP contribution >= 0.6 is 11.6 Å². The molecule has 0 spiro atoms. The first-order chi connectivity index (χ1) is 18.5. The number of hydrogen-bond acceptors (Lipinski definition) is 9. The maximum atomic E-state index is 14.7. The predicted octanol–water partition coefficient (Wildman–Crippen LogP) is 3.39. The molecular formula is C24H23ClF2N6O6. The number of nitriles is 1. The van der Waals surface area contributed by atoms with Crippen molar-refractivity contribution in [2.24, 2.45) is 0 Å². The smallest absolute Gasteiger partial charge is 0.407 e. The average molecular weight is 565 g/mol. The van der Waals surface area contributed by atoms with Crippen molar-refractivity contribution in [1.82, 2.24) is 14.9 Å². The third-order valence-electron chi connectivity index (χ3n) is 7.20. The Hall–Kier alpha value is -4.12. The number of ether oxygens (including phenoxy) is 1. The van der Waals surface area contributed by atoms with Crippen molar-refractivity contribution < 1.29 is 33.1 Å². The van der Waals surface area contributed by atoms with Gasteiger partial charge < -0.3 is 19.6 Å². The van der Waals surface area contributed by atoms with E-state index >= 15 is 0 Å². The molecule has 1 fully saturated rings. The fraction of sp³-hybridized carbons (Fsp3) is 0.458. The van der Waals surface area contributed by atoms with Gasteiger partial charge in [-0.05, 0) is 48.1 Å². The van der Waals surface area contributed by atoms with Gasteiger partial charge in [0.05, 0.1) is 36.0 Å². The number of piperazine rings is 1. The Labute approximate surface area is 225 Å². The van der Waals surface area contributed by atoms with E-state index in [0.717, 1.165) is 18.1 Å². The van der Waals surface area contributed by atoms with Gasteiger partial charge in [0, 0.05) is 32.1 Å². The number of benzene rings is 1. The Bertz CT molecular complexity index is 1390. The summed E-state index contributed by atoms with van der Waals surface area (Å²) >= 11 is 6.19. The molecule has 1 aliphatic carbocycles. The first-order valence-corrected chi connectivity index (χ1v) is 12.3. The molecule has 1 amide bonds. The molecule has 1 unspecified atom stereocenters. The van der Waals surface area contributed by atoms with Crippen molar-refractivity contribution in [2.45, 2.75) is 43.6 Å². The quantitative estimate of drug-likeness (QED) is 0.238. The zero-order valence-electron chi connectivity index (χ0n) is 20.7. The Morgan fingerprint density at radius 2 is 2.10 bits per heavy atom. The van der Waals surface area contributed by atoms with E-state index in [-0.39, 0.29) is 66.8 Å². The molecule has 0 bridgehead atoms. The molecule has 0 radical (unpaired) electrons. The number of fused-ring (bicyclic) bond motifs is 1. The molecule has 1 aromatic carbocycles. The van der Waals surface area contributed by atoms with E-state index in [4.69, 9.17) is 16.3 Å². The molecule has 1 N–H and O–H groups in total. The predicted molar refractivity (Wildman–Crippen MR) is 131 cm³/mol.